The van der Waals surface area contributed by atoms with E-state index in [2.05, 4.69) is 0 Å². The lowest BCUT2D eigenvalue weighted by Crippen LogP contribution is -2.36. The van der Waals surface area contributed by atoms with E-state index in [0.717, 1.165) is 12.0 Å². The van der Waals surface area contributed by atoms with Crippen molar-refractivity contribution >= 4 is 21.8 Å². The Hall–Kier alpha value is -5.94. The molecule has 6 aromatic rings. The number of rotatable bonds is 11. The van der Waals surface area contributed by atoms with Crippen molar-refractivity contribution in [2.24, 2.45) is 11.6 Å². The average molecular weight is 630 g/mol. The smallest absolute Gasteiger partial charge is 0.262 e. The molecular weight excluding hydrogens is 594 g/mol. The van der Waals surface area contributed by atoms with Crippen LogP contribution in [0.2, 0.25) is 0 Å². The van der Waals surface area contributed by atoms with Crippen LogP contribution in [0.15, 0.2) is 119 Å². The largest absolute Gasteiger partial charge is 0.508 e. The second kappa shape index (κ2) is 13.6. The molecule has 0 saturated heterocycles. The van der Waals surface area contributed by atoms with Gasteiger partial charge in [-0.2, -0.15) is 0 Å². The predicted molar refractivity (Wildman–Crippen MR) is 183 cm³/mol. The van der Waals surface area contributed by atoms with Gasteiger partial charge >= 0.3 is 0 Å². The first kappa shape index (κ1) is 31.1. The molecule has 0 aliphatic rings. The van der Waals surface area contributed by atoms with Crippen LogP contribution in [0.4, 0.5) is 0 Å². The summed E-state index contributed by atoms with van der Waals surface area (Å²) in [5.41, 5.74) is 8.80. The zero-order valence-electron chi connectivity index (χ0n) is 25.7. The Labute approximate surface area is 270 Å². The van der Waals surface area contributed by atoms with Crippen molar-refractivity contribution in [3.8, 4) is 34.3 Å². The molecule has 0 aliphatic carbocycles. The van der Waals surface area contributed by atoms with Crippen molar-refractivity contribution in [1.29, 1.82) is 0 Å². The van der Waals surface area contributed by atoms with Crippen molar-refractivity contribution in [2.45, 2.75) is 32.4 Å². The first-order chi connectivity index (χ1) is 22.8. The minimum Gasteiger partial charge on any atom is -0.508 e. The Morgan fingerprint density at radius 1 is 0.681 bits per heavy atom. The summed E-state index contributed by atoms with van der Waals surface area (Å²) in [5, 5.41) is 22.1. The first-order valence-electron chi connectivity index (χ1n) is 15.3. The molecule has 6 rings (SSSR count). The van der Waals surface area contributed by atoms with Gasteiger partial charge in [0.15, 0.2) is 0 Å². The summed E-state index contributed by atoms with van der Waals surface area (Å²) >= 11 is 0. The fourth-order valence-electron chi connectivity index (χ4n) is 5.63. The highest BCUT2D eigenvalue weighted by atomic mass is 16.3. The summed E-state index contributed by atoms with van der Waals surface area (Å²) in [6.07, 6.45) is 3.55. The number of benzene rings is 4. The van der Waals surface area contributed by atoms with Gasteiger partial charge in [-0.25, -0.2) is 15.8 Å². The van der Waals surface area contributed by atoms with E-state index in [0.29, 0.717) is 70.6 Å². The molecule has 0 saturated carbocycles. The van der Waals surface area contributed by atoms with Crippen molar-refractivity contribution in [3.63, 3.8) is 0 Å². The Balaban J connectivity index is 1.16. The number of aromatic hydroxyl groups is 2. The molecule has 4 aromatic carbocycles. The molecule has 11 heteroatoms. The van der Waals surface area contributed by atoms with Crippen LogP contribution >= 0.6 is 0 Å². The standard InChI is InChI=1S/C36H35N7O4/c37-22-26(23-42-34(25-14-18-28(45)19-15-25)40-32-11-5-3-9-30(32)36(42)47)43(38)21-7-1-6-20-41-33(24-12-16-27(44)17-13-24)39-31-10-4-2-8-29(31)35(41)46/h2-5,8-19,22,44-45H,1,6-7,20-21,23,37-38H2/b26-22-. The molecule has 0 atom stereocenters. The molecule has 0 radical (unpaired) electrons. The van der Waals surface area contributed by atoms with Gasteiger partial charge in [-0.1, -0.05) is 24.3 Å². The minimum absolute atomic E-state index is 0.0913. The van der Waals surface area contributed by atoms with E-state index < -0.39 is 0 Å². The summed E-state index contributed by atoms with van der Waals surface area (Å²) in [7, 11) is 0. The van der Waals surface area contributed by atoms with Crippen LogP contribution < -0.4 is 22.7 Å². The zero-order chi connectivity index (χ0) is 32.9. The Morgan fingerprint density at radius 3 is 1.70 bits per heavy atom. The molecule has 0 amide bonds. The van der Waals surface area contributed by atoms with Crippen molar-refractivity contribution in [2.75, 3.05) is 6.54 Å². The number of allylic oxidation sites excluding steroid dienone is 1. The Morgan fingerprint density at radius 2 is 1.17 bits per heavy atom. The van der Waals surface area contributed by atoms with Crippen LogP contribution in [0, 0.1) is 0 Å². The monoisotopic (exact) mass is 629 g/mol. The molecule has 11 nitrogen and oxygen atoms in total. The van der Waals surface area contributed by atoms with E-state index in [9.17, 15) is 19.8 Å². The van der Waals surface area contributed by atoms with Gasteiger partial charge in [0.05, 0.1) is 34.0 Å². The highest BCUT2D eigenvalue weighted by molar-refractivity contribution is 5.80. The number of nitrogens with zero attached hydrogens (tertiary/aromatic N) is 5. The SMILES string of the molecule is N/C=C(/Cn1c(-c2ccc(O)cc2)nc2ccccc2c1=O)N(N)CCCCCn1c(-c2ccc(O)cc2)nc2ccccc2c1=O. The maximum atomic E-state index is 13.7. The fraction of sp³-hybridized carbons (Fsp3) is 0.167. The van der Waals surface area contributed by atoms with Gasteiger partial charge in [-0.05, 0) is 92.1 Å². The molecule has 2 heterocycles. The number of unbranched alkanes of at least 4 members (excludes halogenated alkanes) is 2. The highest BCUT2D eigenvalue weighted by Gasteiger charge is 2.17. The van der Waals surface area contributed by atoms with Gasteiger partial charge in [0.2, 0.25) is 0 Å². The van der Waals surface area contributed by atoms with Gasteiger partial charge in [0.1, 0.15) is 23.1 Å². The summed E-state index contributed by atoms with van der Waals surface area (Å²) in [5.74, 6) is 7.69. The number of hydrogen-bond donors (Lipinski definition) is 4. The van der Waals surface area contributed by atoms with Gasteiger partial charge in [0, 0.05) is 30.4 Å². The van der Waals surface area contributed by atoms with Crippen molar-refractivity contribution < 1.29 is 10.2 Å². The van der Waals surface area contributed by atoms with E-state index in [1.807, 2.05) is 24.3 Å². The van der Waals surface area contributed by atoms with E-state index in [4.69, 9.17) is 21.5 Å². The van der Waals surface area contributed by atoms with Gasteiger partial charge in [0.25, 0.3) is 11.1 Å². The number of nitrogens with two attached hydrogens (primary N) is 2. The third-order valence-electron chi connectivity index (χ3n) is 8.14. The number of para-hydroxylation sites is 2. The fourth-order valence-corrected chi connectivity index (χ4v) is 5.63. The molecule has 47 heavy (non-hydrogen) atoms. The van der Waals surface area contributed by atoms with Crippen LogP contribution in [0.25, 0.3) is 44.6 Å². The summed E-state index contributed by atoms with van der Waals surface area (Å²) in [6, 6.07) is 27.6. The molecule has 0 aliphatic heterocycles. The van der Waals surface area contributed by atoms with Crippen LogP contribution in [0.5, 0.6) is 11.5 Å². The summed E-state index contributed by atoms with van der Waals surface area (Å²) in [6.45, 7) is 1.00. The van der Waals surface area contributed by atoms with Gasteiger partial charge in [-0.15, -0.1) is 0 Å². The summed E-state index contributed by atoms with van der Waals surface area (Å²) in [4.78, 5) is 36.7. The molecule has 0 fully saturated rings. The highest BCUT2D eigenvalue weighted by Crippen LogP contribution is 2.24. The van der Waals surface area contributed by atoms with Crippen molar-refractivity contribution in [1.82, 2.24) is 24.1 Å². The third kappa shape index (κ3) is 6.56. The maximum Gasteiger partial charge on any atom is 0.262 e. The lowest BCUT2D eigenvalue weighted by molar-refractivity contribution is 0.325. The van der Waals surface area contributed by atoms with Gasteiger partial charge < -0.3 is 21.0 Å². The molecule has 0 unspecified atom stereocenters. The molecule has 0 bridgehead atoms. The Kier molecular flexibility index (Phi) is 8.98. The molecular formula is C36H35N7O4. The van der Waals surface area contributed by atoms with Crippen LogP contribution in [0.3, 0.4) is 0 Å². The zero-order valence-corrected chi connectivity index (χ0v) is 25.7. The average Bonchev–Trinajstić information content (AvgIpc) is 3.09. The minimum atomic E-state index is -0.231. The lowest BCUT2D eigenvalue weighted by Gasteiger charge is -2.24. The number of fused-ring (bicyclic) bond motifs is 2. The topological polar surface area (TPSA) is 166 Å². The lowest BCUT2D eigenvalue weighted by atomic mass is 10.1. The summed E-state index contributed by atoms with van der Waals surface area (Å²) < 4.78 is 3.22. The normalized spacial score (nSPS) is 11.7. The van der Waals surface area contributed by atoms with Gasteiger partial charge in [-0.3, -0.25) is 18.7 Å². The number of hydrogen-bond acceptors (Lipinski definition) is 9. The number of hydrazine groups is 1. The van der Waals surface area contributed by atoms with E-state index >= 15 is 0 Å². The van der Waals surface area contributed by atoms with E-state index in [-0.39, 0.29) is 29.2 Å². The maximum absolute atomic E-state index is 13.7. The van der Waals surface area contributed by atoms with Crippen molar-refractivity contribution in [3.05, 3.63) is 130 Å². The second-order valence-corrected chi connectivity index (χ2v) is 11.3. The molecule has 6 N–H and O–H groups in total. The molecule has 238 valence electrons. The molecule has 2 aromatic heterocycles. The predicted octanol–water partition coefficient (Wildman–Crippen LogP) is 4.70. The quantitative estimate of drug-likeness (QED) is 0.0903. The number of phenolic OH excluding ortho intramolecular Hbond substituents is 2. The van der Waals surface area contributed by atoms with Crippen LogP contribution in [-0.4, -0.2) is 40.9 Å². The molecule has 0 spiro atoms. The van der Waals surface area contributed by atoms with Crippen LogP contribution in [0.1, 0.15) is 19.3 Å². The Bertz CT molecular complexity index is 2190. The van der Waals surface area contributed by atoms with Crippen LogP contribution in [-0.2, 0) is 13.1 Å². The number of phenols is 2. The van der Waals surface area contributed by atoms with E-state index in [1.54, 1.807) is 77.4 Å². The third-order valence-corrected chi connectivity index (χ3v) is 8.14. The van der Waals surface area contributed by atoms with E-state index in [1.165, 1.54) is 15.8 Å². The first-order valence-corrected chi connectivity index (χ1v) is 15.3. The number of aromatic nitrogens is 4. The second-order valence-electron chi connectivity index (χ2n) is 11.3.